The lowest BCUT2D eigenvalue weighted by molar-refractivity contribution is 0.121. The van der Waals surface area contributed by atoms with E-state index < -0.39 is 0 Å². The van der Waals surface area contributed by atoms with Gasteiger partial charge in [-0.25, -0.2) is 0 Å². The molecule has 2 N–H and O–H groups in total. The summed E-state index contributed by atoms with van der Waals surface area (Å²) in [7, 11) is 0. The summed E-state index contributed by atoms with van der Waals surface area (Å²) in [5.41, 5.74) is 0. The van der Waals surface area contributed by atoms with E-state index in [4.69, 9.17) is 4.74 Å². The average Bonchev–Trinajstić information content (AvgIpc) is 2.65. The van der Waals surface area contributed by atoms with Crippen LogP contribution in [0.1, 0.15) is 6.92 Å². The maximum absolute atomic E-state index is 9.54. The summed E-state index contributed by atoms with van der Waals surface area (Å²) >= 11 is 1.99. The Morgan fingerprint density at radius 1 is 1.31 bits per heavy atom. The van der Waals surface area contributed by atoms with Crippen molar-refractivity contribution in [1.29, 1.82) is 0 Å². The maximum Gasteiger partial charge on any atom is 0.0948 e. The van der Waals surface area contributed by atoms with Crippen LogP contribution in [0.15, 0.2) is 0 Å². The van der Waals surface area contributed by atoms with Gasteiger partial charge >= 0.3 is 0 Å². The van der Waals surface area contributed by atoms with Gasteiger partial charge in [-0.05, 0) is 11.7 Å². The second-order valence-corrected chi connectivity index (χ2v) is 5.07. The lowest BCUT2D eigenvalue weighted by Crippen LogP contribution is -2.47. The van der Waals surface area contributed by atoms with E-state index in [0.29, 0.717) is 19.3 Å². The first-order valence-corrected chi connectivity index (χ1v) is 6.02. The van der Waals surface area contributed by atoms with Crippen LogP contribution in [-0.4, -0.2) is 48.0 Å². The largest absolute Gasteiger partial charge is 0.389 e. The van der Waals surface area contributed by atoms with E-state index in [1.807, 2.05) is 11.8 Å². The first kappa shape index (κ1) is 9.77. The van der Waals surface area contributed by atoms with Gasteiger partial charge in [-0.3, -0.25) is 0 Å². The number of hydrogen-bond donors (Lipinski definition) is 2. The molecule has 0 radical (unpaired) electrons. The molecule has 4 atom stereocenters. The van der Waals surface area contributed by atoms with Gasteiger partial charge in [-0.1, -0.05) is 6.92 Å². The van der Waals surface area contributed by atoms with Crippen LogP contribution in [0.25, 0.3) is 0 Å². The summed E-state index contributed by atoms with van der Waals surface area (Å²) in [4.78, 5) is 0. The first-order valence-electron chi connectivity index (χ1n) is 4.87. The highest BCUT2D eigenvalue weighted by Gasteiger charge is 2.32. The normalized spacial score (nSPS) is 45.7. The molecule has 2 fully saturated rings. The van der Waals surface area contributed by atoms with Gasteiger partial charge in [0, 0.05) is 11.8 Å². The van der Waals surface area contributed by atoms with Crippen molar-refractivity contribution in [3.05, 3.63) is 0 Å². The molecule has 2 heterocycles. The highest BCUT2D eigenvalue weighted by molar-refractivity contribution is 7.99. The van der Waals surface area contributed by atoms with Gasteiger partial charge in [-0.2, -0.15) is 11.8 Å². The van der Waals surface area contributed by atoms with Gasteiger partial charge < -0.3 is 15.2 Å². The van der Waals surface area contributed by atoms with Gasteiger partial charge in [0.1, 0.15) is 0 Å². The Labute approximate surface area is 83.2 Å². The van der Waals surface area contributed by atoms with Crippen LogP contribution >= 0.6 is 11.8 Å². The van der Waals surface area contributed by atoms with E-state index in [9.17, 15) is 5.11 Å². The lowest BCUT2D eigenvalue weighted by Gasteiger charge is -2.22. The SMILES string of the molecule is CC1CSCC1NC1COC[C@H]1O. The van der Waals surface area contributed by atoms with Crippen LogP contribution in [0, 0.1) is 5.92 Å². The van der Waals surface area contributed by atoms with Crippen molar-refractivity contribution in [3.63, 3.8) is 0 Å². The molecule has 0 bridgehead atoms. The van der Waals surface area contributed by atoms with Crippen molar-refractivity contribution in [2.45, 2.75) is 25.1 Å². The second kappa shape index (κ2) is 4.17. The van der Waals surface area contributed by atoms with E-state index in [-0.39, 0.29) is 12.1 Å². The number of rotatable bonds is 2. The summed E-state index contributed by atoms with van der Waals surface area (Å²) in [5, 5.41) is 13.0. The van der Waals surface area contributed by atoms with Gasteiger partial charge in [0.2, 0.25) is 0 Å². The third-order valence-electron chi connectivity index (χ3n) is 2.84. The molecule has 0 spiro atoms. The van der Waals surface area contributed by atoms with Gasteiger partial charge in [0.25, 0.3) is 0 Å². The minimum Gasteiger partial charge on any atom is -0.389 e. The molecule has 3 nitrogen and oxygen atoms in total. The number of nitrogens with one attached hydrogen (secondary N) is 1. The Morgan fingerprint density at radius 3 is 2.69 bits per heavy atom. The van der Waals surface area contributed by atoms with Gasteiger partial charge in [-0.15, -0.1) is 0 Å². The minimum atomic E-state index is -0.308. The fourth-order valence-corrected chi connectivity index (χ4v) is 3.27. The summed E-state index contributed by atoms with van der Waals surface area (Å²) in [6.45, 7) is 3.42. The number of ether oxygens (including phenoxy) is 1. The van der Waals surface area contributed by atoms with Crippen LogP contribution in [0.3, 0.4) is 0 Å². The average molecular weight is 203 g/mol. The van der Waals surface area contributed by atoms with E-state index in [1.165, 1.54) is 11.5 Å². The van der Waals surface area contributed by atoms with E-state index in [2.05, 4.69) is 12.2 Å². The van der Waals surface area contributed by atoms with Crippen LogP contribution < -0.4 is 5.32 Å². The Bertz CT molecular complexity index is 161. The molecule has 0 aliphatic carbocycles. The Balaban J connectivity index is 1.82. The van der Waals surface area contributed by atoms with E-state index in [0.717, 1.165) is 5.92 Å². The molecule has 0 aromatic carbocycles. The fraction of sp³-hybridized carbons (Fsp3) is 1.00. The Hall–Kier alpha value is 0.230. The third kappa shape index (κ3) is 2.18. The van der Waals surface area contributed by atoms with Crippen molar-refractivity contribution < 1.29 is 9.84 Å². The van der Waals surface area contributed by atoms with E-state index in [1.54, 1.807) is 0 Å². The van der Waals surface area contributed by atoms with Crippen molar-refractivity contribution in [1.82, 2.24) is 5.32 Å². The zero-order valence-electron chi connectivity index (χ0n) is 7.90. The first-order chi connectivity index (χ1) is 6.27. The summed E-state index contributed by atoms with van der Waals surface area (Å²) in [6, 6.07) is 0.720. The summed E-state index contributed by atoms with van der Waals surface area (Å²) in [5.74, 6) is 3.13. The monoisotopic (exact) mass is 203 g/mol. The predicted octanol–water partition coefficient (Wildman–Crippen LogP) is 0.0872. The molecule has 0 saturated carbocycles. The molecule has 0 aromatic heterocycles. The quantitative estimate of drug-likeness (QED) is 0.667. The van der Waals surface area contributed by atoms with Crippen LogP contribution in [-0.2, 0) is 4.74 Å². The van der Waals surface area contributed by atoms with Crippen molar-refractivity contribution in [2.75, 3.05) is 24.7 Å². The molecule has 0 aromatic rings. The standard InChI is InChI=1S/C9H17NO2S/c1-6-4-13-5-8(6)10-7-2-12-3-9(7)11/h6-11H,2-5H2,1H3/t6?,7?,8?,9-/m1/s1. The van der Waals surface area contributed by atoms with Crippen LogP contribution in [0.4, 0.5) is 0 Å². The van der Waals surface area contributed by atoms with Crippen LogP contribution in [0.2, 0.25) is 0 Å². The van der Waals surface area contributed by atoms with Crippen molar-refractivity contribution >= 4 is 11.8 Å². The minimum absolute atomic E-state index is 0.158. The molecule has 3 unspecified atom stereocenters. The molecule has 2 aliphatic rings. The topological polar surface area (TPSA) is 41.5 Å². The predicted molar refractivity (Wildman–Crippen MR) is 54.0 cm³/mol. The highest BCUT2D eigenvalue weighted by atomic mass is 32.2. The Kier molecular flexibility index (Phi) is 3.14. The molecule has 2 aliphatic heterocycles. The fourth-order valence-electron chi connectivity index (χ4n) is 1.85. The summed E-state index contributed by atoms with van der Waals surface area (Å²) in [6.07, 6.45) is -0.308. The number of hydrogen-bond acceptors (Lipinski definition) is 4. The van der Waals surface area contributed by atoms with Gasteiger partial charge in [0.15, 0.2) is 0 Å². The van der Waals surface area contributed by atoms with Crippen molar-refractivity contribution in [2.24, 2.45) is 5.92 Å². The summed E-state index contributed by atoms with van der Waals surface area (Å²) < 4.78 is 5.20. The molecular formula is C9H17NO2S. The molecular weight excluding hydrogens is 186 g/mol. The lowest BCUT2D eigenvalue weighted by atomic mass is 10.0. The molecule has 2 rings (SSSR count). The molecule has 13 heavy (non-hydrogen) atoms. The number of aliphatic hydroxyl groups excluding tert-OH is 1. The van der Waals surface area contributed by atoms with Gasteiger partial charge in [0.05, 0.1) is 25.4 Å². The number of thioether (sulfide) groups is 1. The third-order valence-corrected chi connectivity index (χ3v) is 4.20. The highest BCUT2D eigenvalue weighted by Crippen LogP contribution is 2.24. The van der Waals surface area contributed by atoms with Crippen LogP contribution in [0.5, 0.6) is 0 Å². The molecule has 76 valence electrons. The molecule has 4 heteroatoms. The maximum atomic E-state index is 9.54. The van der Waals surface area contributed by atoms with Crippen molar-refractivity contribution in [3.8, 4) is 0 Å². The smallest absolute Gasteiger partial charge is 0.0948 e. The number of aliphatic hydroxyl groups is 1. The van der Waals surface area contributed by atoms with E-state index >= 15 is 0 Å². The Morgan fingerprint density at radius 2 is 2.15 bits per heavy atom. The second-order valence-electron chi connectivity index (χ2n) is 4.00. The molecule has 2 saturated heterocycles. The zero-order chi connectivity index (χ0) is 9.26. The molecule has 0 amide bonds. The zero-order valence-corrected chi connectivity index (χ0v) is 8.72.